The first-order chi connectivity index (χ1) is 20.7. The Morgan fingerprint density at radius 3 is 2.64 bits per heavy atom. The highest BCUT2D eigenvalue weighted by Crippen LogP contribution is 2.41. The summed E-state index contributed by atoms with van der Waals surface area (Å²) in [5.41, 5.74) is 5.29. The van der Waals surface area contributed by atoms with Gasteiger partial charge in [0.25, 0.3) is 0 Å². The van der Waals surface area contributed by atoms with Crippen LogP contribution in [-0.2, 0) is 24.1 Å². The Morgan fingerprint density at radius 1 is 0.976 bits per heavy atom. The van der Waals surface area contributed by atoms with Gasteiger partial charge in [-0.15, -0.1) is 0 Å². The number of nitrogens with zero attached hydrogens (tertiary/aromatic N) is 5. The summed E-state index contributed by atoms with van der Waals surface area (Å²) in [6.45, 7) is 9.64. The van der Waals surface area contributed by atoms with Gasteiger partial charge in [0.1, 0.15) is 12.4 Å². The highest BCUT2D eigenvalue weighted by atomic mass is 32.2. The Hall–Kier alpha value is -2.55. The molecule has 0 radical (unpaired) electrons. The fourth-order valence-electron chi connectivity index (χ4n) is 8.39. The number of hydrogen-bond donors (Lipinski definition) is 0. The van der Waals surface area contributed by atoms with Crippen molar-refractivity contribution in [2.24, 2.45) is 0 Å². The maximum atomic E-state index is 6.61. The first kappa shape index (κ1) is 27.0. The van der Waals surface area contributed by atoms with E-state index in [0.717, 1.165) is 69.3 Å². The molecule has 1 spiro atoms. The van der Waals surface area contributed by atoms with Crippen LogP contribution in [0, 0.1) is 0 Å². The molecule has 0 bridgehead atoms. The van der Waals surface area contributed by atoms with E-state index in [9.17, 15) is 0 Å². The third kappa shape index (κ3) is 4.65. The smallest absolute Gasteiger partial charge is 0.318 e. The van der Waals surface area contributed by atoms with Crippen molar-refractivity contribution in [3.8, 4) is 6.01 Å². The lowest BCUT2D eigenvalue weighted by Crippen LogP contribution is -2.53. The summed E-state index contributed by atoms with van der Waals surface area (Å²) in [5, 5.41) is 2.70. The van der Waals surface area contributed by atoms with Gasteiger partial charge < -0.3 is 19.3 Å². The standard InChI is InChI=1S/C34H43N5O2S/c1-2-25-7-3-8-26-9-4-10-29(30(25)26)37-17-11-27-28(21-37)35-32(40-23-33-12-5-15-39(33)16-6-13-33)36-31(27)38-18-19-41-34(22-38)14-20-42-24-34/h3-4,7-10H,2,5-6,11-24H2,1H3. The van der Waals surface area contributed by atoms with Gasteiger partial charge in [0.05, 0.1) is 30.0 Å². The van der Waals surface area contributed by atoms with Crippen molar-refractivity contribution >= 4 is 34.0 Å². The predicted octanol–water partition coefficient (Wildman–Crippen LogP) is 5.47. The van der Waals surface area contributed by atoms with E-state index in [1.807, 2.05) is 11.8 Å². The third-order valence-electron chi connectivity index (χ3n) is 10.6. The molecule has 4 saturated heterocycles. The quantitative estimate of drug-likeness (QED) is 0.377. The van der Waals surface area contributed by atoms with Crippen LogP contribution >= 0.6 is 11.8 Å². The van der Waals surface area contributed by atoms with Gasteiger partial charge in [-0.05, 0) is 80.8 Å². The minimum atomic E-state index is -0.0465. The zero-order valence-electron chi connectivity index (χ0n) is 24.9. The van der Waals surface area contributed by atoms with Crippen LogP contribution in [0.5, 0.6) is 6.01 Å². The van der Waals surface area contributed by atoms with Crippen LogP contribution in [0.1, 0.15) is 55.8 Å². The van der Waals surface area contributed by atoms with Crippen LogP contribution in [0.2, 0.25) is 0 Å². The lowest BCUT2D eigenvalue weighted by molar-refractivity contribution is -0.0359. The van der Waals surface area contributed by atoms with E-state index in [-0.39, 0.29) is 11.1 Å². The summed E-state index contributed by atoms with van der Waals surface area (Å²) >= 11 is 2.02. The van der Waals surface area contributed by atoms with E-state index >= 15 is 0 Å². The average Bonchev–Trinajstić information content (AvgIpc) is 3.75. The van der Waals surface area contributed by atoms with Crippen molar-refractivity contribution < 1.29 is 9.47 Å². The molecule has 222 valence electrons. The maximum absolute atomic E-state index is 6.61. The zero-order chi connectivity index (χ0) is 28.1. The molecule has 2 aromatic carbocycles. The topological polar surface area (TPSA) is 54.0 Å². The molecule has 1 atom stereocenters. The van der Waals surface area contributed by atoms with Gasteiger partial charge >= 0.3 is 6.01 Å². The van der Waals surface area contributed by atoms with E-state index in [1.54, 1.807) is 0 Å². The molecule has 6 heterocycles. The van der Waals surface area contributed by atoms with Crippen molar-refractivity contribution in [1.29, 1.82) is 0 Å². The van der Waals surface area contributed by atoms with E-state index < -0.39 is 0 Å². The molecule has 1 aromatic heterocycles. The van der Waals surface area contributed by atoms with Gasteiger partial charge in [-0.2, -0.15) is 21.7 Å². The number of fused-ring (bicyclic) bond motifs is 3. The van der Waals surface area contributed by atoms with E-state index in [0.29, 0.717) is 12.6 Å². The lowest BCUT2D eigenvalue weighted by atomic mass is 9.95. The number of aryl methyl sites for hydroxylation is 1. The number of morpholine rings is 1. The zero-order valence-corrected chi connectivity index (χ0v) is 25.8. The Labute approximate surface area is 254 Å². The van der Waals surface area contributed by atoms with E-state index in [2.05, 4.69) is 58.0 Å². The Morgan fingerprint density at radius 2 is 1.83 bits per heavy atom. The first-order valence-electron chi connectivity index (χ1n) is 16.2. The molecule has 0 saturated carbocycles. The molecule has 8 rings (SSSR count). The number of anilines is 2. The SMILES string of the molecule is CCc1cccc2cccc(N3CCc4c(nc(OCC56CCCN5CCC6)nc4N4CCOC5(CCSC5)C4)C3)c12. The first-order valence-corrected chi connectivity index (χ1v) is 17.3. The molecule has 42 heavy (non-hydrogen) atoms. The van der Waals surface area contributed by atoms with Crippen molar-refractivity contribution in [3.63, 3.8) is 0 Å². The van der Waals surface area contributed by atoms with Crippen LogP contribution < -0.4 is 14.5 Å². The Bertz CT molecular complexity index is 1460. The van der Waals surface area contributed by atoms with Crippen LogP contribution in [0.4, 0.5) is 11.5 Å². The van der Waals surface area contributed by atoms with Gasteiger partial charge in [0.15, 0.2) is 0 Å². The minimum Gasteiger partial charge on any atom is -0.461 e. The van der Waals surface area contributed by atoms with Crippen molar-refractivity contribution in [1.82, 2.24) is 14.9 Å². The van der Waals surface area contributed by atoms with Gasteiger partial charge in [0.2, 0.25) is 0 Å². The highest BCUT2D eigenvalue weighted by Gasteiger charge is 2.45. The number of rotatable bonds is 6. The molecule has 1 unspecified atom stereocenters. The molecule has 0 aliphatic carbocycles. The molecule has 3 aromatic rings. The lowest BCUT2D eigenvalue weighted by Gasteiger charge is -2.42. The van der Waals surface area contributed by atoms with Crippen molar-refractivity contribution in [2.75, 3.05) is 67.2 Å². The largest absolute Gasteiger partial charge is 0.461 e. The highest BCUT2D eigenvalue weighted by molar-refractivity contribution is 7.99. The second-order valence-corrected chi connectivity index (χ2v) is 14.1. The van der Waals surface area contributed by atoms with Crippen LogP contribution in [0.25, 0.3) is 10.8 Å². The fourth-order valence-corrected chi connectivity index (χ4v) is 9.74. The Balaban J connectivity index is 1.15. The Kier molecular flexibility index (Phi) is 6.99. The monoisotopic (exact) mass is 585 g/mol. The minimum absolute atomic E-state index is 0.0465. The molecule has 4 fully saturated rings. The average molecular weight is 586 g/mol. The number of ether oxygens (including phenoxy) is 2. The maximum Gasteiger partial charge on any atom is 0.318 e. The second kappa shape index (κ2) is 10.9. The predicted molar refractivity (Wildman–Crippen MR) is 171 cm³/mol. The molecule has 8 heteroatoms. The second-order valence-electron chi connectivity index (χ2n) is 13.0. The number of hydrogen-bond acceptors (Lipinski definition) is 8. The summed E-state index contributed by atoms with van der Waals surface area (Å²) in [6.07, 6.45) is 8.08. The molecule has 5 aliphatic rings. The number of thioether (sulfide) groups is 1. The van der Waals surface area contributed by atoms with Gasteiger partial charge in [-0.3, -0.25) is 4.90 Å². The molecular weight excluding hydrogens is 542 g/mol. The molecule has 0 amide bonds. The molecule has 5 aliphatic heterocycles. The molecule has 7 nitrogen and oxygen atoms in total. The van der Waals surface area contributed by atoms with E-state index in [4.69, 9.17) is 19.4 Å². The van der Waals surface area contributed by atoms with Crippen molar-refractivity contribution in [2.45, 2.75) is 69.6 Å². The summed E-state index contributed by atoms with van der Waals surface area (Å²) in [5.74, 6) is 3.35. The van der Waals surface area contributed by atoms with E-state index in [1.165, 1.54) is 72.1 Å². The third-order valence-corrected chi connectivity index (χ3v) is 11.8. The molecule has 0 N–H and O–H groups in total. The summed E-state index contributed by atoms with van der Waals surface area (Å²) in [6, 6.07) is 14.0. The fraction of sp³-hybridized carbons (Fsp3) is 0.588. The van der Waals surface area contributed by atoms with Gasteiger partial charge in [-0.25, -0.2) is 0 Å². The van der Waals surface area contributed by atoms with Gasteiger partial charge in [0, 0.05) is 42.0 Å². The van der Waals surface area contributed by atoms with Crippen LogP contribution in [-0.4, -0.2) is 83.5 Å². The van der Waals surface area contributed by atoms with Gasteiger partial charge in [-0.1, -0.05) is 37.3 Å². The molecular formula is C34H43N5O2S. The summed E-state index contributed by atoms with van der Waals surface area (Å²) in [7, 11) is 0. The summed E-state index contributed by atoms with van der Waals surface area (Å²) in [4.78, 5) is 18.1. The summed E-state index contributed by atoms with van der Waals surface area (Å²) < 4.78 is 13.0. The van der Waals surface area contributed by atoms with Crippen LogP contribution in [0.3, 0.4) is 0 Å². The number of benzene rings is 2. The van der Waals surface area contributed by atoms with Crippen LogP contribution in [0.15, 0.2) is 36.4 Å². The number of aromatic nitrogens is 2. The normalized spacial score (nSPS) is 25.4. The van der Waals surface area contributed by atoms with Crippen molar-refractivity contribution in [3.05, 3.63) is 53.2 Å².